The number of rotatable bonds is 5. The number of hydrogen-bond acceptors (Lipinski definition) is 4. The number of hydrogen-bond donors (Lipinski definition) is 2. The van der Waals surface area contributed by atoms with E-state index in [0.717, 1.165) is 11.3 Å². The van der Waals surface area contributed by atoms with Crippen LogP contribution in [0.3, 0.4) is 0 Å². The van der Waals surface area contributed by atoms with E-state index in [0.29, 0.717) is 5.56 Å². The number of pyridine rings is 1. The van der Waals surface area contributed by atoms with Gasteiger partial charge in [0.1, 0.15) is 0 Å². The molecule has 1 aromatic carbocycles. The van der Waals surface area contributed by atoms with Crippen LogP contribution in [0, 0.1) is 6.92 Å². The minimum Gasteiger partial charge on any atom is -0.355 e. The van der Waals surface area contributed by atoms with E-state index in [-0.39, 0.29) is 10.8 Å². The van der Waals surface area contributed by atoms with Gasteiger partial charge in [0.05, 0.1) is 4.90 Å². The first-order valence-electron chi connectivity index (χ1n) is 7.10. The van der Waals surface area contributed by atoms with E-state index >= 15 is 0 Å². The van der Waals surface area contributed by atoms with Crippen molar-refractivity contribution in [3.8, 4) is 0 Å². The summed E-state index contributed by atoms with van der Waals surface area (Å²) in [6.07, 6.45) is 1.65. The minimum atomic E-state index is -3.68. The Morgan fingerprint density at radius 3 is 2.30 bits per heavy atom. The number of benzene rings is 1. The van der Waals surface area contributed by atoms with Gasteiger partial charge in [0.2, 0.25) is 10.0 Å². The second-order valence-electron chi connectivity index (χ2n) is 5.18. The summed E-state index contributed by atoms with van der Waals surface area (Å²) >= 11 is 0. The molecule has 1 aromatic heterocycles. The molecule has 7 heteroatoms. The molecule has 23 heavy (non-hydrogen) atoms. The van der Waals surface area contributed by atoms with E-state index in [1.54, 1.807) is 13.1 Å². The second-order valence-corrected chi connectivity index (χ2v) is 6.89. The molecule has 122 valence electrons. The Bertz CT molecular complexity index is 784. The molecule has 0 aliphatic carbocycles. The zero-order valence-corrected chi connectivity index (χ0v) is 14.0. The van der Waals surface area contributed by atoms with E-state index in [9.17, 15) is 13.2 Å². The molecule has 0 radical (unpaired) electrons. The van der Waals surface area contributed by atoms with Crippen LogP contribution in [0.25, 0.3) is 0 Å². The Morgan fingerprint density at radius 2 is 1.78 bits per heavy atom. The molecular formula is C16H19N3O3S. The SMILES string of the molecule is CNC(=O)c1ccc(S(=O)(=O)NC(C)c2ccc(C)nc2)cc1. The summed E-state index contributed by atoms with van der Waals surface area (Å²) in [6, 6.07) is 9.03. The van der Waals surface area contributed by atoms with Crippen molar-refractivity contribution in [1.29, 1.82) is 0 Å². The lowest BCUT2D eigenvalue weighted by Gasteiger charge is -2.14. The number of aryl methyl sites for hydroxylation is 1. The summed E-state index contributed by atoms with van der Waals surface area (Å²) in [5.41, 5.74) is 2.05. The molecule has 0 spiro atoms. The first kappa shape index (κ1) is 17.1. The fourth-order valence-electron chi connectivity index (χ4n) is 2.03. The molecule has 1 unspecified atom stereocenters. The predicted octanol–water partition coefficient (Wildman–Crippen LogP) is 1.79. The molecular weight excluding hydrogens is 314 g/mol. The molecule has 0 fully saturated rings. The molecule has 0 bridgehead atoms. The number of sulfonamides is 1. The molecule has 1 heterocycles. The lowest BCUT2D eigenvalue weighted by atomic mass is 10.1. The van der Waals surface area contributed by atoms with Crippen LogP contribution in [0.2, 0.25) is 0 Å². The zero-order chi connectivity index (χ0) is 17.0. The van der Waals surface area contributed by atoms with Crippen LogP contribution in [0.15, 0.2) is 47.5 Å². The van der Waals surface area contributed by atoms with E-state index in [1.807, 2.05) is 19.1 Å². The molecule has 2 rings (SSSR count). The van der Waals surface area contributed by atoms with Crippen LogP contribution in [-0.2, 0) is 10.0 Å². The molecule has 0 aliphatic heterocycles. The van der Waals surface area contributed by atoms with Crippen LogP contribution in [0.5, 0.6) is 0 Å². The quantitative estimate of drug-likeness (QED) is 0.873. The first-order chi connectivity index (χ1) is 10.8. The molecule has 1 amide bonds. The van der Waals surface area contributed by atoms with Crippen LogP contribution in [0.1, 0.15) is 34.6 Å². The van der Waals surface area contributed by atoms with Gasteiger partial charge < -0.3 is 5.32 Å². The maximum Gasteiger partial charge on any atom is 0.251 e. The van der Waals surface area contributed by atoms with Crippen molar-refractivity contribution < 1.29 is 13.2 Å². The third kappa shape index (κ3) is 4.14. The molecule has 0 saturated carbocycles. The highest BCUT2D eigenvalue weighted by atomic mass is 32.2. The van der Waals surface area contributed by atoms with E-state index < -0.39 is 16.1 Å². The Kier molecular flexibility index (Phi) is 5.12. The highest BCUT2D eigenvalue weighted by molar-refractivity contribution is 7.89. The highest BCUT2D eigenvalue weighted by Gasteiger charge is 2.19. The molecule has 0 saturated heterocycles. The summed E-state index contributed by atoms with van der Waals surface area (Å²) in [7, 11) is -2.16. The molecule has 2 N–H and O–H groups in total. The van der Waals surface area contributed by atoms with Crippen molar-refractivity contribution in [3.05, 3.63) is 59.4 Å². The minimum absolute atomic E-state index is 0.108. The largest absolute Gasteiger partial charge is 0.355 e. The number of aromatic nitrogens is 1. The van der Waals surface area contributed by atoms with Crippen molar-refractivity contribution in [2.75, 3.05) is 7.05 Å². The van der Waals surface area contributed by atoms with Gasteiger partial charge in [-0.1, -0.05) is 6.07 Å². The van der Waals surface area contributed by atoms with Gasteiger partial charge >= 0.3 is 0 Å². The third-order valence-corrected chi connectivity index (χ3v) is 4.98. The number of amides is 1. The van der Waals surface area contributed by atoms with Gasteiger partial charge in [-0.2, -0.15) is 0 Å². The fourth-order valence-corrected chi connectivity index (χ4v) is 3.27. The predicted molar refractivity (Wildman–Crippen MR) is 87.5 cm³/mol. The van der Waals surface area contributed by atoms with Crippen molar-refractivity contribution in [1.82, 2.24) is 15.0 Å². The summed E-state index contributed by atoms with van der Waals surface area (Å²) in [5, 5.41) is 2.49. The van der Waals surface area contributed by atoms with Crippen LogP contribution in [0.4, 0.5) is 0 Å². The molecule has 1 atom stereocenters. The fraction of sp³-hybridized carbons (Fsp3) is 0.250. The zero-order valence-electron chi connectivity index (χ0n) is 13.2. The lowest BCUT2D eigenvalue weighted by Crippen LogP contribution is -2.27. The van der Waals surface area contributed by atoms with E-state index in [1.165, 1.54) is 31.3 Å². The standard InChI is InChI=1S/C16H19N3O3S/c1-11-4-5-14(10-18-11)12(2)19-23(21,22)15-8-6-13(7-9-15)16(20)17-3/h4-10,12,19H,1-3H3,(H,17,20). The maximum absolute atomic E-state index is 12.4. The van der Waals surface area contributed by atoms with Crippen LogP contribution < -0.4 is 10.0 Å². The van der Waals surface area contributed by atoms with Gasteiger partial charge in [-0.25, -0.2) is 13.1 Å². The number of carbonyl (C=O) groups excluding carboxylic acids is 1. The third-order valence-electron chi connectivity index (χ3n) is 3.42. The second kappa shape index (κ2) is 6.89. The van der Waals surface area contributed by atoms with Gasteiger partial charge in [0.15, 0.2) is 0 Å². The molecule has 0 aliphatic rings. The Balaban J connectivity index is 2.18. The Hall–Kier alpha value is -2.25. The van der Waals surface area contributed by atoms with Crippen LogP contribution in [-0.4, -0.2) is 26.4 Å². The number of nitrogens with zero attached hydrogens (tertiary/aromatic N) is 1. The van der Waals surface area contributed by atoms with Crippen molar-refractivity contribution in [2.24, 2.45) is 0 Å². The van der Waals surface area contributed by atoms with Gasteiger partial charge in [-0.15, -0.1) is 0 Å². The maximum atomic E-state index is 12.4. The van der Waals surface area contributed by atoms with E-state index in [2.05, 4.69) is 15.0 Å². The normalized spacial score (nSPS) is 12.7. The monoisotopic (exact) mass is 333 g/mol. The Morgan fingerprint density at radius 1 is 1.13 bits per heavy atom. The number of nitrogens with one attached hydrogen (secondary N) is 2. The Labute approximate surface area is 136 Å². The average molecular weight is 333 g/mol. The smallest absolute Gasteiger partial charge is 0.251 e. The topological polar surface area (TPSA) is 88.2 Å². The van der Waals surface area contributed by atoms with Gasteiger partial charge in [0, 0.05) is 30.5 Å². The van der Waals surface area contributed by atoms with Crippen molar-refractivity contribution in [3.63, 3.8) is 0 Å². The first-order valence-corrected chi connectivity index (χ1v) is 8.59. The number of carbonyl (C=O) groups is 1. The summed E-state index contributed by atoms with van der Waals surface area (Å²) in [4.78, 5) is 15.8. The molecule has 6 nitrogen and oxygen atoms in total. The summed E-state index contributed by atoms with van der Waals surface area (Å²) < 4.78 is 27.4. The van der Waals surface area contributed by atoms with Gasteiger partial charge in [-0.3, -0.25) is 9.78 Å². The van der Waals surface area contributed by atoms with Crippen LogP contribution >= 0.6 is 0 Å². The van der Waals surface area contributed by atoms with Gasteiger partial charge in [-0.05, 0) is 49.7 Å². The van der Waals surface area contributed by atoms with E-state index in [4.69, 9.17) is 0 Å². The van der Waals surface area contributed by atoms with Crippen molar-refractivity contribution >= 4 is 15.9 Å². The summed E-state index contributed by atoms with van der Waals surface area (Å²) in [5.74, 6) is -0.263. The lowest BCUT2D eigenvalue weighted by molar-refractivity contribution is 0.0963. The molecule has 2 aromatic rings. The average Bonchev–Trinajstić information content (AvgIpc) is 2.54. The van der Waals surface area contributed by atoms with Crippen molar-refractivity contribution in [2.45, 2.75) is 24.8 Å². The summed E-state index contributed by atoms with van der Waals surface area (Å²) in [6.45, 7) is 3.62. The highest BCUT2D eigenvalue weighted by Crippen LogP contribution is 2.17. The van der Waals surface area contributed by atoms with Gasteiger partial charge in [0.25, 0.3) is 5.91 Å².